The fourth-order valence-corrected chi connectivity index (χ4v) is 3.70. The molecule has 1 aromatic rings. The third-order valence-electron chi connectivity index (χ3n) is 4.48. The molecule has 2 aliphatic rings. The summed E-state index contributed by atoms with van der Waals surface area (Å²) in [6.45, 7) is 1.85. The van der Waals surface area contributed by atoms with E-state index in [2.05, 4.69) is 11.0 Å². The van der Waals surface area contributed by atoms with Crippen LogP contribution in [-0.4, -0.2) is 23.5 Å². The van der Waals surface area contributed by atoms with E-state index in [9.17, 15) is 0 Å². The maximum Gasteiger partial charge on any atom is 0.117 e. The molecule has 0 radical (unpaired) electrons. The quantitative estimate of drug-likeness (QED) is 0.869. The number of hydrogen-bond donors (Lipinski definition) is 1. The first kappa shape index (κ1) is 11.3. The first-order valence-electron chi connectivity index (χ1n) is 6.85. The smallest absolute Gasteiger partial charge is 0.117 e. The molecule has 17 heavy (non-hydrogen) atoms. The monoisotopic (exact) mass is 234 g/mol. The topological polar surface area (TPSA) is 42.4 Å². The van der Waals surface area contributed by atoms with Gasteiger partial charge in [-0.3, -0.25) is 4.90 Å². The number of nitrogens with zero attached hydrogens (tertiary/aromatic N) is 1. The molecule has 2 unspecified atom stereocenters. The normalized spacial score (nSPS) is 33.1. The Hall–Kier alpha value is -0.800. The van der Waals surface area contributed by atoms with Gasteiger partial charge in [-0.2, -0.15) is 0 Å². The summed E-state index contributed by atoms with van der Waals surface area (Å²) in [6, 6.07) is 5.62. The summed E-state index contributed by atoms with van der Waals surface area (Å²) >= 11 is 0. The van der Waals surface area contributed by atoms with E-state index >= 15 is 0 Å². The van der Waals surface area contributed by atoms with Gasteiger partial charge in [0, 0.05) is 12.1 Å². The Bertz CT molecular complexity index is 335. The third kappa shape index (κ3) is 2.26. The first-order chi connectivity index (χ1) is 8.36. The van der Waals surface area contributed by atoms with E-state index in [1.54, 1.807) is 6.26 Å². The fraction of sp³-hybridized carbons (Fsp3) is 0.714. The number of furan rings is 1. The Labute approximate surface area is 103 Å². The highest BCUT2D eigenvalue weighted by atomic mass is 16.3. The molecule has 2 saturated heterocycles. The molecular weight excluding hydrogens is 212 g/mol. The van der Waals surface area contributed by atoms with Crippen molar-refractivity contribution in [3.05, 3.63) is 24.2 Å². The molecule has 0 amide bonds. The second-order valence-corrected chi connectivity index (χ2v) is 5.55. The fourth-order valence-electron chi connectivity index (χ4n) is 3.70. The van der Waals surface area contributed by atoms with Gasteiger partial charge >= 0.3 is 0 Å². The second-order valence-electron chi connectivity index (χ2n) is 5.55. The zero-order valence-electron chi connectivity index (χ0n) is 10.3. The van der Waals surface area contributed by atoms with Crippen molar-refractivity contribution in [2.45, 2.75) is 50.7 Å². The number of piperidine rings is 1. The van der Waals surface area contributed by atoms with E-state index in [-0.39, 0.29) is 0 Å². The molecule has 3 heterocycles. The van der Waals surface area contributed by atoms with Crippen molar-refractivity contribution in [1.29, 1.82) is 0 Å². The summed E-state index contributed by atoms with van der Waals surface area (Å²) in [4.78, 5) is 2.66. The van der Waals surface area contributed by atoms with Crippen molar-refractivity contribution in [2.75, 3.05) is 6.54 Å². The lowest BCUT2D eigenvalue weighted by Gasteiger charge is -2.38. The Morgan fingerprint density at radius 2 is 2.06 bits per heavy atom. The largest absolute Gasteiger partial charge is 0.468 e. The molecule has 94 valence electrons. The summed E-state index contributed by atoms with van der Waals surface area (Å²) in [6.07, 6.45) is 8.40. The SMILES string of the molecule is NCCC1CC2CCC(C1)N2Cc1ccco1. The van der Waals surface area contributed by atoms with Gasteiger partial charge in [-0.15, -0.1) is 0 Å². The van der Waals surface area contributed by atoms with Crippen molar-refractivity contribution < 1.29 is 4.42 Å². The maximum atomic E-state index is 5.69. The number of fused-ring (bicyclic) bond motifs is 2. The molecule has 2 N–H and O–H groups in total. The summed E-state index contributed by atoms with van der Waals surface area (Å²) in [5.74, 6) is 1.98. The lowest BCUT2D eigenvalue weighted by Crippen LogP contribution is -2.42. The molecule has 3 heteroatoms. The van der Waals surface area contributed by atoms with E-state index in [0.717, 1.165) is 36.9 Å². The molecular formula is C14H22N2O. The van der Waals surface area contributed by atoms with Gasteiger partial charge in [0.2, 0.25) is 0 Å². The molecule has 3 rings (SSSR count). The van der Waals surface area contributed by atoms with Crippen LogP contribution in [0.2, 0.25) is 0 Å². The van der Waals surface area contributed by atoms with Crippen LogP contribution in [0.3, 0.4) is 0 Å². The van der Waals surface area contributed by atoms with Crippen molar-refractivity contribution in [3.8, 4) is 0 Å². The summed E-state index contributed by atoms with van der Waals surface area (Å²) in [5, 5.41) is 0. The molecule has 3 nitrogen and oxygen atoms in total. The van der Waals surface area contributed by atoms with Crippen molar-refractivity contribution in [2.24, 2.45) is 11.7 Å². The molecule has 2 fully saturated rings. The summed E-state index contributed by atoms with van der Waals surface area (Å²) in [5.41, 5.74) is 5.69. The Balaban J connectivity index is 1.64. The minimum Gasteiger partial charge on any atom is -0.468 e. The van der Waals surface area contributed by atoms with Crippen molar-refractivity contribution in [3.63, 3.8) is 0 Å². The Morgan fingerprint density at radius 3 is 2.65 bits per heavy atom. The van der Waals surface area contributed by atoms with Gasteiger partial charge in [0.25, 0.3) is 0 Å². The highest BCUT2D eigenvalue weighted by Gasteiger charge is 2.40. The minimum absolute atomic E-state index is 0.774. The van der Waals surface area contributed by atoms with Crippen LogP contribution in [0.5, 0.6) is 0 Å². The van der Waals surface area contributed by atoms with Gasteiger partial charge in [-0.1, -0.05) is 0 Å². The zero-order chi connectivity index (χ0) is 11.7. The van der Waals surface area contributed by atoms with Crippen LogP contribution in [0.25, 0.3) is 0 Å². The van der Waals surface area contributed by atoms with E-state index in [0.29, 0.717) is 0 Å². The maximum absolute atomic E-state index is 5.69. The Morgan fingerprint density at radius 1 is 1.29 bits per heavy atom. The van der Waals surface area contributed by atoms with Crippen LogP contribution >= 0.6 is 0 Å². The number of rotatable bonds is 4. The lowest BCUT2D eigenvalue weighted by molar-refractivity contribution is 0.0866. The van der Waals surface area contributed by atoms with E-state index in [4.69, 9.17) is 10.2 Å². The van der Waals surface area contributed by atoms with E-state index in [1.165, 1.54) is 32.1 Å². The van der Waals surface area contributed by atoms with Gasteiger partial charge in [0.1, 0.15) is 5.76 Å². The summed E-state index contributed by atoms with van der Waals surface area (Å²) < 4.78 is 5.47. The third-order valence-corrected chi connectivity index (χ3v) is 4.48. The van der Waals surface area contributed by atoms with E-state index < -0.39 is 0 Å². The lowest BCUT2D eigenvalue weighted by atomic mass is 9.88. The van der Waals surface area contributed by atoms with Crippen LogP contribution < -0.4 is 5.73 Å². The van der Waals surface area contributed by atoms with Crippen LogP contribution in [-0.2, 0) is 6.54 Å². The Kier molecular flexibility index (Phi) is 3.21. The summed E-state index contributed by atoms with van der Waals surface area (Å²) in [7, 11) is 0. The standard InChI is InChI=1S/C14H22N2O/c15-6-5-11-8-12-3-4-13(9-11)16(12)10-14-2-1-7-17-14/h1-2,7,11-13H,3-6,8-10,15H2. The van der Waals surface area contributed by atoms with Crippen LogP contribution in [0, 0.1) is 5.92 Å². The van der Waals surface area contributed by atoms with Gasteiger partial charge in [-0.05, 0) is 56.7 Å². The number of nitrogens with two attached hydrogens (primary N) is 1. The number of hydrogen-bond acceptors (Lipinski definition) is 3. The molecule has 2 bridgehead atoms. The average Bonchev–Trinajstić information content (AvgIpc) is 2.89. The first-order valence-corrected chi connectivity index (χ1v) is 6.85. The van der Waals surface area contributed by atoms with Gasteiger partial charge in [0.15, 0.2) is 0 Å². The zero-order valence-corrected chi connectivity index (χ0v) is 10.3. The molecule has 1 aromatic heterocycles. The van der Waals surface area contributed by atoms with E-state index in [1.807, 2.05) is 6.07 Å². The predicted molar refractivity (Wildman–Crippen MR) is 67.5 cm³/mol. The molecule has 0 aromatic carbocycles. The highest BCUT2D eigenvalue weighted by molar-refractivity contribution is 5.02. The predicted octanol–water partition coefficient (Wildman–Crippen LogP) is 2.37. The van der Waals surface area contributed by atoms with Gasteiger partial charge in [0.05, 0.1) is 12.8 Å². The van der Waals surface area contributed by atoms with Crippen molar-refractivity contribution >= 4 is 0 Å². The van der Waals surface area contributed by atoms with Gasteiger partial charge in [-0.25, -0.2) is 0 Å². The average molecular weight is 234 g/mol. The molecule has 0 aliphatic carbocycles. The van der Waals surface area contributed by atoms with Gasteiger partial charge < -0.3 is 10.2 Å². The molecule has 2 aliphatic heterocycles. The molecule has 2 atom stereocenters. The van der Waals surface area contributed by atoms with Crippen LogP contribution in [0.4, 0.5) is 0 Å². The minimum atomic E-state index is 0.774. The second kappa shape index (κ2) is 4.83. The molecule has 0 spiro atoms. The van der Waals surface area contributed by atoms with Crippen LogP contribution in [0.15, 0.2) is 22.8 Å². The molecule has 0 saturated carbocycles. The highest BCUT2D eigenvalue weighted by Crippen LogP contribution is 2.40. The van der Waals surface area contributed by atoms with Crippen LogP contribution in [0.1, 0.15) is 37.9 Å². The van der Waals surface area contributed by atoms with Crippen molar-refractivity contribution in [1.82, 2.24) is 4.90 Å².